The van der Waals surface area contributed by atoms with Gasteiger partial charge in [-0.15, -0.1) is 11.6 Å². The molecule has 0 radical (unpaired) electrons. The van der Waals surface area contributed by atoms with E-state index in [1.807, 2.05) is 6.07 Å². The van der Waals surface area contributed by atoms with Crippen LogP contribution < -0.4 is 5.73 Å². The van der Waals surface area contributed by atoms with Crippen LogP contribution in [0.4, 0.5) is 10.1 Å². The molecule has 0 bridgehead atoms. The van der Waals surface area contributed by atoms with E-state index in [1.54, 1.807) is 6.07 Å². The fraction of sp³-hybridized carbons (Fsp3) is 0.200. The minimum absolute atomic E-state index is 0.0874. The standard InChI is InChI=1S/C10H9ClFN3/c11-6-10(14)15-9-4-7(1-2-13)3-8(12)5-9/h3-5H,1,6H2,(H2,14,15). The molecule has 0 saturated carbocycles. The molecule has 0 unspecified atom stereocenters. The molecule has 1 aromatic carbocycles. The smallest absolute Gasteiger partial charge is 0.125 e. The van der Waals surface area contributed by atoms with Gasteiger partial charge in [0.15, 0.2) is 0 Å². The monoisotopic (exact) mass is 225 g/mol. The Morgan fingerprint density at radius 1 is 1.53 bits per heavy atom. The topological polar surface area (TPSA) is 62.2 Å². The molecule has 3 nitrogen and oxygen atoms in total. The minimum atomic E-state index is -0.441. The van der Waals surface area contributed by atoms with Crippen LogP contribution in [-0.4, -0.2) is 11.7 Å². The zero-order valence-corrected chi connectivity index (χ0v) is 8.63. The number of rotatable bonds is 3. The Bertz CT molecular complexity index is 423. The van der Waals surface area contributed by atoms with Crippen LogP contribution >= 0.6 is 11.6 Å². The lowest BCUT2D eigenvalue weighted by atomic mass is 10.1. The lowest BCUT2D eigenvalue weighted by Gasteiger charge is -2.00. The second-order valence-corrected chi connectivity index (χ2v) is 3.16. The molecule has 78 valence electrons. The van der Waals surface area contributed by atoms with Crippen LogP contribution in [0.1, 0.15) is 5.56 Å². The number of halogens is 2. The summed E-state index contributed by atoms with van der Waals surface area (Å²) in [6.45, 7) is 0. The molecule has 0 atom stereocenters. The summed E-state index contributed by atoms with van der Waals surface area (Å²) in [4.78, 5) is 3.89. The fourth-order valence-electron chi connectivity index (χ4n) is 1.09. The molecule has 0 aliphatic carbocycles. The van der Waals surface area contributed by atoms with Gasteiger partial charge in [0.25, 0.3) is 0 Å². The molecule has 5 heteroatoms. The molecular formula is C10H9ClFN3. The molecule has 0 aliphatic heterocycles. The van der Waals surface area contributed by atoms with Crippen LogP contribution in [0.15, 0.2) is 23.2 Å². The normalized spacial score (nSPS) is 11.1. The van der Waals surface area contributed by atoms with Crippen LogP contribution in [0, 0.1) is 17.1 Å². The van der Waals surface area contributed by atoms with Crippen molar-refractivity contribution < 1.29 is 4.39 Å². The van der Waals surface area contributed by atoms with Crippen LogP contribution in [-0.2, 0) is 6.42 Å². The number of amidine groups is 1. The SMILES string of the molecule is N#CCc1cc(F)cc(N=C(N)CCl)c1. The maximum Gasteiger partial charge on any atom is 0.125 e. The quantitative estimate of drug-likeness (QED) is 0.487. The van der Waals surface area contributed by atoms with Gasteiger partial charge in [-0.3, -0.25) is 0 Å². The first-order valence-electron chi connectivity index (χ1n) is 4.21. The highest BCUT2D eigenvalue weighted by molar-refractivity contribution is 6.28. The van der Waals surface area contributed by atoms with Crippen LogP contribution in [0.5, 0.6) is 0 Å². The summed E-state index contributed by atoms with van der Waals surface area (Å²) in [5, 5.41) is 8.48. The molecular weight excluding hydrogens is 217 g/mol. The van der Waals surface area contributed by atoms with Crippen molar-refractivity contribution in [1.82, 2.24) is 0 Å². The third-order valence-electron chi connectivity index (χ3n) is 1.64. The minimum Gasteiger partial charge on any atom is -0.386 e. The number of nitrogens with zero attached hydrogens (tertiary/aromatic N) is 2. The number of nitriles is 1. The van der Waals surface area contributed by atoms with E-state index >= 15 is 0 Å². The summed E-state index contributed by atoms with van der Waals surface area (Å²) in [6, 6.07) is 6.06. The van der Waals surface area contributed by atoms with Crippen LogP contribution in [0.3, 0.4) is 0 Å². The number of nitrogens with two attached hydrogens (primary N) is 1. The summed E-state index contributed by atoms with van der Waals surface area (Å²) in [5.41, 5.74) is 6.35. The highest BCUT2D eigenvalue weighted by Gasteiger charge is 2.00. The average molecular weight is 226 g/mol. The van der Waals surface area contributed by atoms with Crippen LogP contribution in [0.25, 0.3) is 0 Å². The predicted molar refractivity (Wildman–Crippen MR) is 57.7 cm³/mol. The fourth-order valence-corrected chi connectivity index (χ4v) is 1.15. The van der Waals surface area contributed by atoms with E-state index in [9.17, 15) is 4.39 Å². The van der Waals surface area contributed by atoms with Gasteiger partial charge in [0.1, 0.15) is 11.7 Å². The molecule has 0 fully saturated rings. The van der Waals surface area contributed by atoms with Gasteiger partial charge in [0, 0.05) is 0 Å². The highest BCUT2D eigenvalue weighted by atomic mass is 35.5. The van der Waals surface area contributed by atoms with Crippen molar-refractivity contribution in [2.75, 3.05) is 5.88 Å². The van der Waals surface area contributed by atoms with E-state index in [2.05, 4.69) is 4.99 Å². The van der Waals surface area contributed by atoms with E-state index in [0.29, 0.717) is 11.3 Å². The van der Waals surface area contributed by atoms with Gasteiger partial charge in [-0.1, -0.05) is 0 Å². The van der Waals surface area contributed by atoms with Crippen molar-refractivity contribution >= 4 is 23.1 Å². The molecule has 0 spiro atoms. The first-order chi connectivity index (χ1) is 7.15. The molecule has 2 N–H and O–H groups in total. The summed E-state index contributed by atoms with van der Waals surface area (Å²) in [5.74, 6) is -0.140. The van der Waals surface area contributed by atoms with Gasteiger partial charge in [-0.05, 0) is 23.8 Å². The second kappa shape index (κ2) is 5.32. The van der Waals surface area contributed by atoms with E-state index in [4.69, 9.17) is 22.6 Å². The lowest BCUT2D eigenvalue weighted by molar-refractivity contribution is 0.626. The van der Waals surface area contributed by atoms with Crippen molar-refractivity contribution in [3.63, 3.8) is 0 Å². The summed E-state index contributed by atoms with van der Waals surface area (Å²) < 4.78 is 13.1. The second-order valence-electron chi connectivity index (χ2n) is 2.89. The predicted octanol–water partition coefficient (Wildman–Crippen LogP) is 2.12. The van der Waals surface area contributed by atoms with Crippen LogP contribution in [0.2, 0.25) is 0 Å². The third-order valence-corrected chi connectivity index (χ3v) is 1.91. The van der Waals surface area contributed by atoms with E-state index in [0.717, 1.165) is 0 Å². The molecule has 1 aromatic rings. The Hall–Kier alpha value is -1.60. The zero-order valence-electron chi connectivity index (χ0n) is 7.87. The maximum absolute atomic E-state index is 13.1. The average Bonchev–Trinajstić information content (AvgIpc) is 2.17. The van der Waals surface area contributed by atoms with Crippen molar-refractivity contribution in [2.24, 2.45) is 10.7 Å². The van der Waals surface area contributed by atoms with Crippen molar-refractivity contribution in [2.45, 2.75) is 6.42 Å². The third kappa shape index (κ3) is 3.56. The summed E-state index contributed by atoms with van der Waals surface area (Å²) in [7, 11) is 0. The van der Waals surface area contributed by atoms with E-state index in [-0.39, 0.29) is 18.1 Å². The van der Waals surface area contributed by atoms with Crippen molar-refractivity contribution in [3.05, 3.63) is 29.6 Å². The Kier molecular flexibility index (Phi) is 4.07. The van der Waals surface area contributed by atoms with E-state index in [1.165, 1.54) is 12.1 Å². The lowest BCUT2D eigenvalue weighted by Crippen LogP contribution is -2.12. The largest absolute Gasteiger partial charge is 0.386 e. The Labute approximate surface area is 92.0 Å². The molecule has 1 rings (SSSR count). The summed E-state index contributed by atoms with van der Waals surface area (Å²) >= 11 is 5.44. The van der Waals surface area contributed by atoms with Gasteiger partial charge >= 0.3 is 0 Å². The van der Waals surface area contributed by atoms with Gasteiger partial charge in [-0.2, -0.15) is 5.26 Å². The van der Waals surface area contributed by atoms with Crippen molar-refractivity contribution in [3.8, 4) is 6.07 Å². The molecule has 15 heavy (non-hydrogen) atoms. The molecule has 0 amide bonds. The Balaban J connectivity index is 3.04. The number of hydrogen-bond acceptors (Lipinski definition) is 2. The van der Waals surface area contributed by atoms with Gasteiger partial charge in [-0.25, -0.2) is 9.38 Å². The molecule has 0 heterocycles. The number of alkyl halides is 1. The van der Waals surface area contributed by atoms with Crippen molar-refractivity contribution in [1.29, 1.82) is 5.26 Å². The molecule has 0 aliphatic rings. The Morgan fingerprint density at radius 2 is 2.27 bits per heavy atom. The first kappa shape index (κ1) is 11.5. The molecule has 0 saturated heterocycles. The number of benzene rings is 1. The zero-order chi connectivity index (χ0) is 11.3. The van der Waals surface area contributed by atoms with Gasteiger partial charge in [0.05, 0.1) is 24.1 Å². The molecule has 0 aromatic heterocycles. The van der Waals surface area contributed by atoms with Gasteiger partial charge < -0.3 is 5.73 Å². The highest BCUT2D eigenvalue weighted by Crippen LogP contribution is 2.17. The maximum atomic E-state index is 13.1. The first-order valence-corrected chi connectivity index (χ1v) is 4.74. The number of hydrogen-bond donors (Lipinski definition) is 1. The number of aliphatic imine (C=N–C) groups is 1. The van der Waals surface area contributed by atoms with Gasteiger partial charge in [0.2, 0.25) is 0 Å². The van der Waals surface area contributed by atoms with E-state index < -0.39 is 5.82 Å². The summed E-state index contributed by atoms with van der Waals surface area (Å²) in [6.07, 6.45) is 0.140. The Morgan fingerprint density at radius 3 is 2.87 bits per heavy atom.